The molecule has 2 aliphatic rings. The first kappa shape index (κ1) is 18.7. The molecule has 4 heteroatoms. The van der Waals surface area contributed by atoms with Crippen molar-refractivity contribution < 1.29 is 18.8 Å². The molecule has 0 saturated heterocycles. The molecule has 0 N–H and O–H groups in total. The zero-order valence-electron chi connectivity index (χ0n) is 16.0. The Hall–Kier alpha value is -0.610. The van der Waals surface area contributed by atoms with Crippen molar-refractivity contribution >= 4 is 5.97 Å². The Kier molecular flexibility index (Phi) is 5.47. The number of carbonyl (C=O) groups excluding carboxylic acids is 1. The molecule has 0 aromatic rings. The number of hydrogen-bond acceptors (Lipinski definition) is 3. The fraction of sp³-hybridized carbons (Fsp3) is 0.947. The van der Waals surface area contributed by atoms with Crippen LogP contribution < -0.4 is 0 Å². The van der Waals surface area contributed by atoms with E-state index >= 15 is 0 Å². The van der Waals surface area contributed by atoms with Crippen LogP contribution in [0.4, 0.5) is 0 Å². The smallest absolute Gasteiger partial charge is 0.361 e. The summed E-state index contributed by atoms with van der Waals surface area (Å²) >= 11 is 0. The van der Waals surface area contributed by atoms with E-state index in [1.165, 1.54) is 19.3 Å². The molecule has 0 amide bonds. The lowest BCUT2D eigenvalue weighted by molar-refractivity contribution is -0.883. The van der Waals surface area contributed by atoms with Crippen LogP contribution >= 0.6 is 0 Å². The second-order valence-corrected chi connectivity index (χ2v) is 9.01. The fourth-order valence-electron chi connectivity index (χ4n) is 4.51. The Labute approximate surface area is 142 Å². The van der Waals surface area contributed by atoms with E-state index in [2.05, 4.69) is 34.9 Å². The van der Waals surface area contributed by atoms with Crippen LogP contribution in [0.25, 0.3) is 0 Å². The molecule has 2 bridgehead atoms. The van der Waals surface area contributed by atoms with Crippen LogP contribution in [0, 0.1) is 16.7 Å². The minimum Gasteiger partial charge on any atom is -0.462 e. The molecule has 4 nitrogen and oxygen atoms in total. The summed E-state index contributed by atoms with van der Waals surface area (Å²) < 4.78 is 12.1. The second kappa shape index (κ2) is 6.72. The lowest BCUT2D eigenvalue weighted by Gasteiger charge is -2.39. The van der Waals surface area contributed by atoms with Crippen molar-refractivity contribution in [1.29, 1.82) is 0 Å². The first-order valence-corrected chi connectivity index (χ1v) is 9.21. The predicted molar refractivity (Wildman–Crippen MR) is 92.1 cm³/mol. The van der Waals surface area contributed by atoms with Gasteiger partial charge in [-0.15, -0.1) is 0 Å². The topological polar surface area (TPSA) is 35.5 Å². The number of esters is 1. The van der Waals surface area contributed by atoms with Crippen molar-refractivity contribution in [1.82, 2.24) is 0 Å². The molecule has 0 unspecified atom stereocenters. The Morgan fingerprint density at radius 2 is 1.91 bits per heavy atom. The SMILES string of the molecule is CCCOC(=O)C[N+](C)(C)CCO[C@H]1C[C@@H]2CC[C@]1(C)C2(C)C. The molecule has 2 rings (SSSR count). The van der Waals surface area contributed by atoms with Crippen molar-refractivity contribution in [2.24, 2.45) is 16.7 Å². The minimum atomic E-state index is -0.107. The number of fused-ring (bicyclic) bond motifs is 2. The molecule has 0 heterocycles. The molecule has 23 heavy (non-hydrogen) atoms. The first-order chi connectivity index (χ1) is 10.6. The van der Waals surface area contributed by atoms with Crippen LogP contribution in [-0.2, 0) is 14.3 Å². The molecular weight excluding hydrogens is 290 g/mol. The number of quaternary nitrogens is 1. The number of nitrogens with zero attached hydrogens (tertiary/aromatic N) is 1. The van der Waals surface area contributed by atoms with Crippen molar-refractivity contribution in [3.05, 3.63) is 0 Å². The summed E-state index contributed by atoms with van der Waals surface area (Å²) in [6.45, 7) is 11.8. The van der Waals surface area contributed by atoms with Gasteiger partial charge >= 0.3 is 5.97 Å². The summed E-state index contributed by atoms with van der Waals surface area (Å²) in [6, 6.07) is 0. The number of ether oxygens (including phenoxy) is 2. The third kappa shape index (κ3) is 3.74. The summed E-state index contributed by atoms with van der Waals surface area (Å²) in [5.74, 6) is 0.703. The van der Waals surface area contributed by atoms with Gasteiger partial charge in [0.2, 0.25) is 0 Å². The normalized spacial score (nSPS) is 32.3. The maximum Gasteiger partial charge on any atom is 0.361 e. The summed E-state index contributed by atoms with van der Waals surface area (Å²) in [7, 11) is 4.14. The van der Waals surface area contributed by atoms with Crippen molar-refractivity contribution in [3.8, 4) is 0 Å². The number of likely N-dealkylation sites (N-methyl/N-ethyl adjacent to an activating group) is 1. The van der Waals surface area contributed by atoms with Gasteiger partial charge in [0.25, 0.3) is 0 Å². The number of carbonyl (C=O) groups is 1. The van der Waals surface area contributed by atoms with Gasteiger partial charge in [-0.05, 0) is 42.4 Å². The van der Waals surface area contributed by atoms with E-state index in [1.54, 1.807) is 0 Å². The van der Waals surface area contributed by atoms with Gasteiger partial charge in [0.1, 0.15) is 6.54 Å². The lowest BCUT2D eigenvalue weighted by atomic mass is 9.70. The molecule has 0 radical (unpaired) electrons. The molecule has 2 aliphatic carbocycles. The molecular formula is C19H36NO3+. The molecule has 0 aromatic heterocycles. The Balaban J connectivity index is 1.78. The first-order valence-electron chi connectivity index (χ1n) is 9.21. The molecule has 0 spiro atoms. The Morgan fingerprint density at radius 1 is 1.22 bits per heavy atom. The third-order valence-electron chi connectivity index (χ3n) is 6.75. The van der Waals surface area contributed by atoms with Gasteiger partial charge in [-0.25, -0.2) is 4.79 Å². The van der Waals surface area contributed by atoms with Gasteiger partial charge in [0.15, 0.2) is 6.54 Å². The second-order valence-electron chi connectivity index (χ2n) is 9.01. The Morgan fingerprint density at radius 3 is 2.43 bits per heavy atom. The highest BCUT2D eigenvalue weighted by Crippen LogP contribution is 2.66. The maximum absolute atomic E-state index is 11.8. The Bertz CT molecular complexity index is 432. The van der Waals surface area contributed by atoms with Gasteiger partial charge < -0.3 is 14.0 Å². The summed E-state index contributed by atoms with van der Waals surface area (Å²) in [5.41, 5.74) is 0.709. The van der Waals surface area contributed by atoms with E-state index in [9.17, 15) is 4.79 Å². The number of hydrogen-bond donors (Lipinski definition) is 0. The van der Waals surface area contributed by atoms with Crippen LogP contribution in [0.2, 0.25) is 0 Å². The fourth-order valence-corrected chi connectivity index (χ4v) is 4.51. The van der Waals surface area contributed by atoms with E-state index in [0.717, 1.165) is 25.5 Å². The quantitative estimate of drug-likeness (QED) is 0.507. The summed E-state index contributed by atoms with van der Waals surface area (Å²) in [6.07, 6.45) is 5.10. The highest BCUT2D eigenvalue weighted by atomic mass is 16.5. The van der Waals surface area contributed by atoms with Gasteiger partial charge in [-0.3, -0.25) is 0 Å². The van der Waals surface area contributed by atoms with Gasteiger partial charge in [-0.1, -0.05) is 27.7 Å². The van der Waals surface area contributed by atoms with Gasteiger partial charge in [-0.2, -0.15) is 0 Å². The zero-order chi connectivity index (χ0) is 17.3. The van der Waals surface area contributed by atoms with E-state index in [-0.39, 0.29) is 5.97 Å². The summed E-state index contributed by atoms with van der Waals surface area (Å²) in [5, 5.41) is 0. The van der Waals surface area contributed by atoms with E-state index in [0.29, 0.717) is 34.6 Å². The highest BCUT2D eigenvalue weighted by molar-refractivity contribution is 5.70. The van der Waals surface area contributed by atoms with Crippen LogP contribution in [0.15, 0.2) is 0 Å². The third-order valence-corrected chi connectivity index (χ3v) is 6.75. The predicted octanol–water partition coefficient (Wildman–Crippen LogP) is 3.25. The number of rotatable bonds is 8. The zero-order valence-corrected chi connectivity index (χ0v) is 16.0. The van der Waals surface area contributed by atoms with Crippen molar-refractivity contribution in [2.75, 3.05) is 40.4 Å². The van der Waals surface area contributed by atoms with E-state index in [1.807, 2.05) is 6.92 Å². The summed E-state index contributed by atoms with van der Waals surface area (Å²) in [4.78, 5) is 11.8. The average Bonchev–Trinajstić information content (AvgIpc) is 2.77. The van der Waals surface area contributed by atoms with E-state index in [4.69, 9.17) is 9.47 Å². The molecule has 134 valence electrons. The van der Waals surface area contributed by atoms with Crippen molar-refractivity contribution in [2.45, 2.75) is 59.5 Å². The largest absolute Gasteiger partial charge is 0.462 e. The average molecular weight is 327 g/mol. The van der Waals surface area contributed by atoms with E-state index < -0.39 is 0 Å². The minimum absolute atomic E-state index is 0.107. The molecule has 2 fully saturated rings. The van der Waals surface area contributed by atoms with Crippen LogP contribution in [0.1, 0.15) is 53.4 Å². The van der Waals surface area contributed by atoms with Crippen LogP contribution in [-0.4, -0.2) is 57.0 Å². The molecule has 3 atom stereocenters. The highest BCUT2D eigenvalue weighted by Gasteiger charge is 2.61. The van der Waals surface area contributed by atoms with Gasteiger partial charge in [0, 0.05) is 0 Å². The maximum atomic E-state index is 11.8. The molecule has 0 aromatic carbocycles. The van der Waals surface area contributed by atoms with Crippen molar-refractivity contribution in [3.63, 3.8) is 0 Å². The van der Waals surface area contributed by atoms with Crippen LogP contribution in [0.5, 0.6) is 0 Å². The monoisotopic (exact) mass is 326 g/mol. The molecule has 2 saturated carbocycles. The van der Waals surface area contributed by atoms with Crippen LogP contribution in [0.3, 0.4) is 0 Å². The standard InChI is InChI=1S/C19H36NO3/c1-7-11-23-17(21)14-20(5,6)10-12-22-16-13-15-8-9-19(16,4)18(15,2)3/h15-16H,7-14H2,1-6H3/q+1/t15-,16-,19-/m0/s1. The lowest BCUT2D eigenvalue weighted by Crippen LogP contribution is -2.47. The van der Waals surface area contributed by atoms with Gasteiger partial charge in [0.05, 0.1) is 33.4 Å². The molecule has 0 aliphatic heterocycles.